The summed E-state index contributed by atoms with van der Waals surface area (Å²) in [4.78, 5) is 2.23. The Morgan fingerprint density at radius 3 is 2.50 bits per heavy atom. The number of aliphatic hydroxyl groups excluding tert-OH is 1. The predicted molar refractivity (Wildman–Crippen MR) is 103 cm³/mol. The van der Waals surface area contributed by atoms with Crippen LogP contribution < -0.4 is 4.74 Å². The summed E-state index contributed by atoms with van der Waals surface area (Å²) in [6.45, 7) is 6.97. The summed E-state index contributed by atoms with van der Waals surface area (Å²) in [5, 5.41) is 11.2. The Bertz CT molecular complexity index is 697. The molecule has 0 aromatic heterocycles. The molecule has 3 aliphatic rings. The third-order valence-corrected chi connectivity index (χ3v) is 5.48. The number of nitrogens with zero attached hydrogens (tertiary/aromatic N) is 1. The van der Waals surface area contributed by atoms with Gasteiger partial charge in [-0.05, 0) is 37.6 Å². The zero-order valence-corrected chi connectivity index (χ0v) is 16.7. The van der Waals surface area contributed by atoms with Gasteiger partial charge in [0.25, 0.3) is 0 Å². The first kappa shape index (κ1) is 19.7. The molecule has 3 heterocycles. The SMILES string of the molecule is COc1ccc(/C=C2\O[C@H]([C@H]3COC(C)(C)O3)[C@H](O)[C@H]2N2CCOCC2)cc1. The van der Waals surface area contributed by atoms with E-state index in [1.165, 1.54) is 0 Å². The van der Waals surface area contributed by atoms with Gasteiger partial charge < -0.3 is 28.8 Å². The first-order valence-corrected chi connectivity index (χ1v) is 9.81. The van der Waals surface area contributed by atoms with Crippen LogP contribution in [-0.2, 0) is 18.9 Å². The minimum Gasteiger partial charge on any atom is -0.497 e. The topological polar surface area (TPSA) is 69.6 Å². The molecule has 154 valence electrons. The molecule has 3 aliphatic heterocycles. The van der Waals surface area contributed by atoms with E-state index in [2.05, 4.69) is 4.90 Å². The molecule has 3 saturated heterocycles. The van der Waals surface area contributed by atoms with Crippen LogP contribution in [0.2, 0.25) is 0 Å². The number of morpholine rings is 1. The Labute approximate surface area is 165 Å². The lowest BCUT2D eigenvalue weighted by Crippen LogP contribution is -2.51. The standard InChI is InChI=1S/C21H29NO6/c1-21(2)26-13-17(28-21)20-19(23)18(22-8-10-25-11-9-22)16(27-20)12-14-4-6-15(24-3)7-5-14/h4-7,12,17-20,23H,8-11,13H2,1-3H3/b16-12-/t17-,18+,19-,20-/m1/s1. The molecular weight excluding hydrogens is 362 g/mol. The minimum atomic E-state index is -0.704. The molecule has 28 heavy (non-hydrogen) atoms. The first-order chi connectivity index (χ1) is 13.5. The number of aliphatic hydroxyl groups is 1. The van der Waals surface area contributed by atoms with Crippen LogP contribution >= 0.6 is 0 Å². The van der Waals surface area contributed by atoms with Crippen molar-refractivity contribution in [2.75, 3.05) is 40.0 Å². The van der Waals surface area contributed by atoms with Crippen molar-refractivity contribution in [2.24, 2.45) is 0 Å². The van der Waals surface area contributed by atoms with Gasteiger partial charge in [0.15, 0.2) is 11.9 Å². The van der Waals surface area contributed by atoms with E-state index in [4.69, 9.17) is 23.7 Å². The highest BCUT2D eigenvalue weighted by Gasteiger charge is 2.51. The molecule has 7 nitrogen and oxygen atoms in total. The lowest BCUT2D eigenvalue weighted by atomic mass is 10.0. The highest BCUT2D eigenvalue weighted by Crippen LogP contribution is 2.37. The Morgan fingerprint density at radius 2 is 1.89 bits per heavy atom. The number of hydrogen-bond acceptors (Lipinski definition) is 7. The van der Waals surface area contributed by atoms with E-state index in [9.17, 15) is 5.11 Å². The molecule has 1 aromatic carbocycles. The van der Waals surface area contributed by atoms with E-state index in [0.29, 0.717) is 19.8 Å². The number of ether oxygens (including phenoxy) is 5. The first-order valence-electron chi connectivity index (χ1n) is 9.81. The van der Waals surface area contributed by atoms with Crippen molar-refractivity contribution in [3.05, 3.63) is 35.6 Å². The van der Waals surface area contributed by atoms with Gasteiger partial charge >= 0.3 is 0 Å². The lowest BCUT2D eigenvalue weighted by Gasteiger charge is -2.33. The second-order valence-electron chi connectivity index (χ2n) is 7.85. The average molecular weight is 391 g/mol. The van der Waals surface area contributed by atoms with E-state index in [1.807, 2.05) is 44.2 Å². The number of benzene rings is 1. The van der Waals surface area contributed by atoms with Crippen molar-refractivity contribution in [3.63, 3.8) is 0 Å². The minimum absolute atomic E-state index is 0.233. The van der Waals surface area contributed by atoms with Gasteiger partial charge in [0.05, 0.1) is 33.0 Å². The number of rotatable bonds is 4. The normalized spacial score (nSPS) is 34.5. The maximum Gasteiger partial charge on any atom is 0.163 e. The summed E-state index contributed by atoms with van der Waals surface area (Å²) in [7, 11) is 1.65. The van der Waals surface area contributed by atoms with Gasteiger partial charge in [-0.2, -0.15) is 0 Å². The number of methoxy groups -OCH3 is 1. The van der Waals surface area contributed by atoms with Gasteiger partial charge in [0.1, 0.15) is 23.7 Å². The van der Waals surface area contributed by atoms with Crippen molar-refractivity contribution in [2.45, 2.75) is 44.0 Å². The highest BCUT2D eigenvalue weighted by atomic mass is 16.8. The van der Waals surface area contributed by atoms with Crippen molar-refractivity contribution in [1.82, 2.24) is 4.90 Å². The summed E-state index contributed by atoms with van der Waals surface area (Å²) in [5.41, 5.74) is 0.992. The Morgan fingerprint density at radius 1 is 1.18 bits per heavy atom. The van der Waals surface area contributed by atoms with E-state index < -0.39 is 18.0 Å². The van der Waals surface area contributed by atoms with Crippen LogP contribution in [0.25, 0.3) is 6.08 Å². The third kappa shape index (κ3) is 4.04. The maximum atomic E-state index is 11.2. The van der Waals surface area contributed by atoms with Crippen LogP contribution in [0.1, 0.15) is 19.4 Å². The smallest absolute Gasteiger partial charge is 0.163 e. The molecule has 0 unspecified atom stereocenters. The van der Waals surface area contributed by atoms with E-state index >= 15 is 0 Å². The summed E-state index contributed by atoms with van der Waals surface area (Å²) >= 11 is 0. The Hall–Kier alpha value is -1.64. The van der Waals surface area contributed by atoms with Crippen molar-refractivity contribution in [3.8, 4) is 5.75 Å². The Kier molecular flexibility index (Phi) is 5.62. The van der Waals surface area contributed by atoms with Crippen molar-refractivity contribution in [1.29, 1.82) is 0 Å². The van der Waals surface area contributed by atoms with Crippen LogP contribution in [-0.4, -0.2) is 80.2 Å². The second kappa shape index (κ2) is 8.00. The molecular formula is C21H29NO6. The fourth-order valence-corrected chi connectivity index (χ4v) is 4.05. The van der Waals surface area contributed by atoms with Gasteiger partial charge in [0, 0.05) is 13.1 Å². The fourth-order valence-electron chi connectivity index (χ4n) is 4.05. The van der Waals surface area contributed by atoms with Crippen molar-refractivity contribution >= 4 is 6.08 Å². The Balaban J connectivity index is 1.60. The molecule has 4 atom stereocenters. The molecule has 3 fully saturated rings. The summed E-state index contributed by atoms with van der Waals surface area (Å²) < 4.78 is 28.7. The third-order valence-electron chi connectivity index (χ3n) is 5.48. The summed E-state index contributed by atoms with van der Waals surface area (Å²) in [6.07, 6.45) is 0.503. The van der Waals surface area contributed by atoms with Gasteiger partial charge in [-0.3, -0.25) is 4.90 Å². The molecule has 0 spiro atoms. The highest BCUT2D eigenvalue weighted by molar-refractivity contribution is 5.54. The van der Waals surface area contributed by atoms with Crippen LogP contribution in [0.3, 0.4) is 0 Å². The van der Waals surface area contributed by atoms with Crippen LogP contribution in [0, 0.1) is 0 Å². The molecule has 0 aliphatic carbocycles. The zero-order chi connectivity index (χ0) is 19.7. The fraction of sp³-hybridized carbons (Fsp3) is 0.619. The number of hydrogen-bond donors (Lipinski definition) is 1. The molecule has 1 aromatic rings. The summed E-state index contributed by atoms with van der Waals surface area (Å²) in [6, 6.07) is 7.54. The van der Waals surface area contributed by atoms with Crippen LogP contribution in [0.4, 0.5) is 0 Å². The van der Waals surface area contributed by atoms with Gasteiger partial charge in [-0.15, -0.1) is 0 Å². The molecule has 0 bridgehead atoms. The van der Waals surface area contributed by atoms with Crippen molar-refractivity contribution < 1.29 is 28.8 Å². The average Bonchev–Trinajstić information content (AvgIpc) is 3.22. The lowest BCUT2D eigenvalue weighted by molar-refractivity contribution is -0.156. The maximum absolute atomic E-state index is 11.2. The van der Waals surface area contributed by atoms with Gasteiger partial charge in [0.2, 0.25) is 0 Å². The second-order valence-corrected chi connectivity index (χ2v) is 7.85. The zero-order valence-electron chi connectivity index (χ0n) is 16.7. The molecule has 0 amide bonds. The van der Waals surface area contributed by atoms with Gasteiger partial charge in [-0.25, -0.2) is 0 Å². The van der Waals surface area contributed by atoms with Crippen LogP contribution in [0.15, 0.2) is 30.0 Å². The molecule has 4 rings (SSSR count). The van der Waals surface area contributed by atoms with Crippen LogP contribution in [0.5, 0.6) is 5.75 Å². The quantitative estimate of drug-likeness (QED) is 0.837. The summed E-state index contributed by atoms with van der Waals surface area (Å²) in [5.74, 6) is 0.888. The monoisotopic (exact) mass is 391 g/mol. The largest absolute Gasteiger partial charge is 0.497 e. The molecule has 0 radical (unpaired) electrons. The predicted octanol–water partition coefficient (Wildman–Crippen LogP) is 1.65. The molecule has 1 N–H and O–H groups in total. The van der Waals surface area contributed by atoms with E-state index in [1.54, 1.807) is 7.11 Å². The van der Waals surface area contributed by atoms with E-state index in [-0.39, 0.29) is 12.1 Å². The molecule has 0 saturated carbocycles. The van der Waals surface area contributed by atoms with Gasteiger partial charge in [-0.1, -0.05) is 12.1 Å². The molecule has 7 heteroatoms. The van der Waals surface area contributed by atoms with E-state index in [0.717, 1.165) is 30.2 Å².